The normalized spacial score (nSPS) is 16.2. The van der Waals surface area contributed by atoms with Gasteiger partial charge in [-0.3, -0.25) is 0 Å². The third kappa shape index (κ3) is 3.09. The summed E-state index contributed by atoms with van der Waals surface area (Å²) in [7, 11) is 1.68. The van der Waals surface area contributed by atoms with Crippen LogP contribution in [-0.2, 0) is 0 Å². The second-order valence-electron chi connectivity index (χ2n) is 4.80. The van der Waals surface area contributed by atoms with Gasteiger partial charge >= 0.3 is 0 Å². The molecule has 1 fully saturated rings. The predicted molar refractivity (Wildman–Crippen MR) is 74.6 cm³/mol. The third-order valence-electron chi connectivity index (χ3n) is 3.45. The number of nitrogens with one attached hydrogen (secondary N) is 1. The first-order chi connectivity index (χ1) is 8.78. The van der Waals surface area contributed by atoms with Crippen LogP contribution in [0.1, 0.15) is 33.1 Å². The number of hydrogen-bond donors (Lipinski definition) is 1. The highest BCUT2D eigenvalue weighted by molar-refractivity contribution is 5.55. The fourth-order valence-corrected chi connectivity index (χ4v) is 2.30. The van der Waals surface area contributed by atoms with Crippen LogP contribution in [0.3, 0.4) is 0 Å². The zero-order chi connectivity index (χ0) is 13.0. The summed E-state index contributed by atoms with van der Waals surface area (Å²) in [5.41, 5.74) is 1.12. The van der Waals surface area contributed by atoms with E-state index in [0.29, 0.717) is 12.6 Å². The minimum atomic E-state index is 0.590. The van der Waals surface area contributed by atoms with Crippen molar-refractivity contribution in [1.82, 2.24) is 0 Å². The van der Waals surface area contributed by atoms with Gasteiger partial charge in [-0.2, -0.15) is 0 Å². The molecule has 1 saturated carbocycles. The van der Waals surface area contributed by atoms with E-state index in [1.165, 1.54) is 19.3 Å². The molecule has 0 amide bonds. The summed E-state index contributed by atoms with van der Waals surface area (Å²) >= 11 is 0. The maximum atomic E-state index is 5.52. The van der Waals surface area contributed by atoms with Crippen LogP contribution < -0.4 is 14.8 Å². The van der Waals surface area contributed by atoms with E-state index in [1.54, 1.807) is 7.11 Å². The van der Waals surface area contributed by atoms with Gasteiger partial charge in [-0.25, -0.2) is 0 Å². The number of ether oxygens (including phenoxy) is 2. The first-order valence-electron chi connectivity index (χ1n) is 6.85. The van der Waals surface area contributed by atoms with Gasteiger partial charge in [-0.15, -0.1) is 0 Å². The van der Waals surface area contributed by atoms with Crippen LogP contribution in [0.2, 0.25) is 0 Å². The van der Waals surface area contributed by atoms with Gasteiger partial charge in [0.2, 0.25) is 0 Å². The predicted octanol–water partition coefficient (Wildman–Crippen LogP) is 3.69. The number of rotatable bonds is 7. The van der Waals surface area contributed by atoms with Crippen LogP contribution in [0.5, 0.6) is 11.5 Å². The molecule has 2 rings (SSSR count). The minimum Gasteiger partial charge on any atom is -0.493 e. The highest BCUT2D eigenvalue weighted by atomic mass is 16.5. The SMILES string of the molecule is CCOc1ccc(NC(CC)C2CC2)cc1OC. The van der Waals surface area contributed by atoms with Crippen molar-refractivity contribution in [3.05, 3.63) is 18.2 Å². The Hall–Kier alpha value is -1.38. The van der Waals surface area contributed by atoms with E-state index in [9.17, 15) is 0 Å². The molecule has 0 heterocycles. The molecule has 0 aromatic heterocycles. The lowest BCUT2D eigenvalue weighted by molar-refractivity contribution is 0.311. The molecule has 3 heteroatoms. The molecule has 0 bridgehead atoms. The first-order valence-corrected chi connectivity index (χ1v) is 6.85. The highest BCUT2D eigenvalue weighted by Crippen LogP contribution is 2.37. The fraction of sp³-hybridized carbons (Fsp3) is 0.600. The maximum absolute atomic E-state index is 5.52. The van der Waals surface area contributed by atoms with E-state index in [0.717, 1.165) is 23.1 Å². The van der Waals surface area contributed by atoms with Crippen LogP contribution in [0.4, 0.5) is 5.69 Å². The molecule has 1 N–H and O–H groups in total. The number of methoxy groups -OCH3 is 1. The summed E-state index contributed by atoms with van der Waals surface area (Å²) in [6.45, 7) is 4.87. The van der Waals surface area contributed by atoms with Crippen molar-refractivity contribution in [2.45, 2.75) is 39.2 Å². The number of anilines is 1. The lowest BCUT2D eigenvalue weighted by Crippen LogP contribution is -2.20. The van der Waals surface area contributed by atoms with Gasteiger partial charge in [-0.1, -0.05) is 6.92 Å². The summed E-state index contributed by atoms with van der Waals surface area (Å²) in [6.07, 6.45) is 3.89. The quantitative estimate of drug-likeness (QED) is 0.799. The summed E-state index contributed by atoms with van der Waals surface area (Å²) in [5.74, 6) is 2.46. The van der Waals surface area contributed by atoms with Gasteiger partial charge in [0.05, 0.1) is 13.7 Å². The average molecular weight is 249 g/mol. The lowest BCUT2D eigenvalue weighted by Gasteiger charge is -2.19. The molecule has 1 aliphatic carbocycles. The Bertz CT molecular complexity index is 388. The van der Waals surface area contributed by atoms with Gasteiger partial charge in [0.25, 0.3) is 0 Å². The molecule has 3 nitrogen and oxygen atoms in total. The Labute approximate surface area is 109 Å². The van der Waals surface area contributed by atoms with Crippen molar-refractivity contribution in [1.29, 1.82) is 0 Å². The Kier molecular flexibility index (Phi) is 4.34. The molecule has 1 unspecified atom stereocenters. The molecule has 18 heavy (non-hydrogen) atoms. The molecule has 1 aromatic carbocycles. The fourth-order valence-electron chi connectivity index (χ4n) is 2.30. The summed E-state index contributed by atoms with van der Waals surface area (Å²) in [4.78, 5) is 0. The molecule has 100 valence electrons. The standard InChI is InChI=1S/C15H23NO2/c1-4-13(11-6-7-11)16-12-8-9-14(18-5-2)15(10-12)17-3/h8-11,13,16H,4-7H2,1-3H3. The Morgan fingerprint density at radius 1 is 1.28 bits per heavy atom. The van der Waals surface area contributed by atoms with E-state index in [1.807, 2.05) is 19.1 Å². The second-order valence-corrected chi connectivity index (χ2v) is 4.80. The molecule has 0 spiro atoms. The van der Waals surface area contributed by atoms with E-state index >= 15 is 0 Å². The smallest absolute Gasteiger partial charge is 0.162 e. The van der Waals surface area contributed by atoms with Crippen LogP contribution >= 0.6 is 0 Å². The summed E-state index contributed by atoms with van der Waals surface area (Å²) in [6, 6.07) is 6.66. The third-order valence-corrected chi connectivity index (χ3v) is 3.45. The van der Waals surface area contributed by atoms with E-state index < -0.39 is 0 Å². The van der Waals surface area contributed by atoms with E-state index in [2.05, 4.69) is 18.3 Å². The van der Waals surface area contributed by atoms with Crippen LogP contribution in [0.15, 0.2) is 18.2 Å². The van der Waals surface area contributed by atoms with Gasteiger partial charge in [-0.05, 0) is 44.2 Å². The lowest BCUT2D eigenvalue weighted by atomic mass is 10.1. The summed E-state index contributed by atoms with van der Waals surface area (Å²) in [5, 5.41) is 3.60. The van der Waals surface area contributed by atoms with Crippen molar-refractivity contribution in [3.63, 3.8) is 0 Å². The molecular weight excluding hydrogens is 226 g/mol. The molecule has 0 aliphatic heterocycles. The molecule has 0 saturated heterocycles. The average Bonchev–Trinajstić information content (AvgIpc) is 3.22. The monoisotopic (exact) mass is 249 g/mol. The van der Waals surface area contributed by atoms with E-state index in [4.69, 9.17) is 9.47 Å². The molecular formula is C15H23NO2. The van der Waals surface area contributed by atoms with Crippen LogP contribution in [-0.4, -0.2) is 19.8 Å². The van der Waals surface area contributed by atoms with Crippen molar-refractivity contribution in [2.75, 3.05) is 19.0 Å². The summed E-state index contributed by atoms with van der Waals surface area (Å²) < 4.78 is 10.9. The van der Waals surface area contributed by atoms with Crippen molar-refractivity contribution in [3.8, 4) is 11.5 Å². The Balaban J connectivity index is 2.08. The van der Waals surface area contributed by atoms with Crippen molar-refractivity contribution >= 4 is 5.69 Å². The van der Waals surface area contributed by atoms with Gasteiger partial charge in [0.1, 0.15) is 0 Å². The first kappa shape index (κ1) is 13.1. The largest absolute Gasteiger partial charge is 0.493 e. The molecule has 1 aromatic rings. The van der Waals surface area contributed by atoms with Gasteiger partial charge in [0.15, 0.2) is 11.5 Å². The topological polar surface area (TPSA) is 30.5 Å². The van der Waals surface area contributed by atoms with E-state index in [-0.39, 0.29) is 0 Å². The molecule has 1 aliphatic rings. The van der Waals surface area contributed by atoms with Gasteiger partial charge in [0, 0.05) is 17.8 Å². The highest BCUT2D eigenvalue weighted by Gasteiger charge is 2.29. The second kappa shape index (κ2) is 5.98. The Morgan fingerprint density at radius 3 is 2.61 bits per heavy atom. The maximum Gasteiger partial charge on any atom is 0.162 e. The van der Waals surface area contributed by atoms with Crippen molar-refractivity contribution in [2.24, 2.45) is 5.92 Å². The number of benzene rings is 1. The van der Waals surface area contributed by atoms with Crippen LogP contribution in [0.25, 0.3) is 0 Å². The number of hydrogen-bond acceptors (Lipinski definition) is 3. The molecule has 0 radical (unpaired) electrons. The zero-order valence-electron chi connectivity index (χ0n) is 11.5. The van der Waals surface area contributed by atoms with Crippen LogP contribution in [0, 0.1) is 5.92 Å². The minimum absolute atomic E-state index is 0.590. The van der Waals surface area contributed by atoms with Gasteiger partial charge < -0.3 is 14.8 Å². The molecule has 1 atom stereocenters. The zero-order valence-corrected chi connectivity index (χ0v) is 11.5. The Morgan fingerprint density at radius 2 is 2.06 bits per heavy atom. The van der Waals surface area contributed by atoms with Crippen molar-refractivity contribution < 1.29 is 9.47 Å².